The first-order valence-corrected chi connectivity index (χ1v) is 11.4. The number of rotatable bonds is 6. The molecule has 1 amide bonds. The zero-order chi connectivity index (χ0) is 21.8. The maximum Gasteiger partial charge on any atom is 0.256 e. The fourth-order valence-corrected chi connectivity index (χ4v) is 5.12. The van der Waals surface area contributed by atoms with E-state index in [1.807, 2.05) is 43.5 Å². The number of ketones is 1. The van der Waals surface area contributed by atoms with Crippen LogP contribution in [0.15, 0.2) is 54.7 Å². The Morgan fingerprint density at radius 2 is 1.87 bits per heavy atom. The highest BCUT2D eigenvalue weighted by atomic mass is 32.1. The number of hydrogen-bond donors (Lipinski definition) is 1. The van der Waals surface area contributed by atoms with Crippen LogP contribution in [0, 0.1) is 12.8 Å². The van der Waals surface area contributed by atoms with Crippen LogP contribution in [-0.2, 0) is 0 Å². The molecule has 1 aromatic carbocycles. The van der Waals surface area contributed by atoms with E-state index < -0.39 is 0 Å². The van der Waals surface area contributed by atoms with Crippen LogP contribution in [0.2, 0.25) is 0 Å². The maximum atomic E-state index is 13.0. The molecule has 6 heteroatoms. The molecule has 1 saturated carbocycles. The third kappa shape index (κ3) is 4.85. The highest BCUT2D eigenvalue weighted by Crippen LogP contribution is 2.37. The van der Waals surface area contributed by atoms with Crippen LogP contribution in [0.1, 0.15) is 62.9 Å². The standard InChI is InChI=1S/C25H26N2O3S/c1-16-15-19(30-2)10-11-20(16)25(29)27-23-13-12-22(31-23)24(28)18-8-6-17(7-9-18)21-5-3-4-14-26-21/h3-5,10-15,17-18H,6-9H2,1-2H3,(H,27,29). The Bertz CT molecular complexity index is 1070. The number of carbonyl (C=O) groups excluding carboxylic acids is 2. The number of aromatic nitrogens is 1. The van der Waals surface area contributed by atoms with Gasteiger partial charge in [-0.25, -0.2) is 0 Å². The normalized spacial score (nSPS) is 18.4. The zero-order valence-electron chi connectivity index (χ0n) is 17.8. The summed E-state index contributed by atoms with van der Waals surface area (Å²) in [5.74, 6) is 1.21. The Hall–Kier alpha value is -2.99. The van der Waals surface area contributed by atoms with Crippen molar-refractivity contribution in [3.63, 3.8) is 0 Å². The highest BCUT2D eigenvalue weighted by Gasteiger charge is 2.29. The van der Waals surface area contributed by atoms with Crippen molar-refractivity contribution in [3.05, 3.63) is 76.4 Å². The lowest BCUT2D eigenvalue weighted by Gasteiger charge is -2.27. The summed E-state index contributed by atoms with van der Waals surface area (Å²) in [7, 11) is 1.60. The number of carbonyl (C=O) groups is 2. The zero-order valence-corrected chi connectivity index (χ0v) is 18.6. The average molecular weight is 435 g/mol. The van der Waals surface area contributed by atoms with Crippen molar-refractivity contribution in [1.29, 1.82) is 0 Å². The molecule has 2 aromatic heterocycles. The van der Waals surface area contributed by atoms with Crippen molar-refractivity contribution >= 4 is 28.0 Å². The SMILES string of the molecule is COc1ccc(C(=O)Nc2ccc(C(=O)C3CCC(c4ccccn4)CC3)s2)c(C)c1. The number of pyridine rings is 1. The van der Waals surface area contributed by atoms with Crippen molar-refractivity contribution in [2.45, 2.75) is 38.5 Å². The summed E-state index contributed by atoms with van der Waals surface area (Å²) in [5, 5.41) is 3.61. The molecule has 4 rings (SSSR count). The van der Waals surface area contributed by atoms with Crippen molar-refractivity contribution in [1.82, 2.24) is 4.98 Å². The third-order valence-electron chi connectivity index (χ3n) is 5.97. The van der Waals surface area contributed by atoms with Crippen molar-refractivity contribution in [2.75, 3.05) is 12.4 Å². The molecule has 0 atom stereocenters. The number of benzene rings is 1. The quantitative estimate of drug-likeness (QED) is 0.493. The number of aryl methyl sites for hydroxylation is 1. The molecule has 0 bridgehead atoms. The van der Waals surface area contributed by atoms with Gasteiger partial charge in [0.2, 0.25) is 0 Å². The minimum absolute atomic E-state index is 0.0472. The van der Waals surface area contributed by atoms with Crippen LogP contribution in [0.25, 0.3) is 0 Å². The molecule has 3 aromatic rings. The number of Topliss-reactive ketones (excluding diaryl/α,β-unsaturated/α-hetero) is 1. The first-order chi connectivity index (χ1) is 15.0. The number of amides is 1. The van der Waals surface area contributed by atoms with Gasteiger partial charge in [0.1, 0.15) is 5.75 Å². The van der Waals surface area contributed by atoms with Gasteiger partial charge in [-0.15, -0.1) is 11.3 Å². The molecule has 0 unspecified atom stereocenters. The van der Waals surface area contributed by atoms with Gasteiger partial charge in [0.05, 0.1) is 17.0 Å². The topological polar surface area (TPSA) is 68.3 Å². The second kappa shape index (κ2) is 9.43. The van der Waals surface area contributed by atoms with E-state index in [0.717, 1.165) is 42.7 Å². The molecule has 2 heterocycles. The number of nitrogens with zero attached hydrogens (tertiary/aromatic N) is 1. The number of anilines is 1. The highest BCUT2D eigenvalue weighted by molar-refractivity contribution is 7.18. The van der Waals surface area contributed by atoms with Crippen molar-refractivity contribution < 1.29 is 14.3 Å². The first kappa shape index (κ1) is 21.2. The Morgan fingerprint density at radius 1 is 1.06 bits per heavy atom. The summed E-state index contributed by atoms with van der Waals surface area (Å²) in [6, 6.07) is 15.0. The van der Waals surface area contributed by atoms with E-state index in [1.54, 1.807) is 19.2 Å². The van der Waals surface area contributed by atoms with E-state index in [0.29, 0.717) is 21.4 Å². The van der Waals surface area contributed by atoms with E-state index in [9.17, 15) is 9.59 Å². The second-order valence-corrected chi connectivity index (χ2v) is 9.05. The molecular formula is C25H26N2O3S. The molecule has 1 N–H and O–H groups in total. The van der Waals surface area contributed by atoms with Crippen LogP contribution >= 0.6 is 11.3 Å². The number of ether oxygens (including phenoxy) is 1. The fraction of sp³-hybridized carbons (Fsp3) is 0.320. The predicted molar refractivity (Wildman–Crippen MR) is 123 cm³/mol. The number of hydrogen-bond acceptors (Lipinski definition) is 5. The molecule has 5 nitrogen and oxygen atoms in total. The van der Waals surface area contributed by atoms with Gasteiger partial charge in [0.25, 0.3) is 5.91 Å². The summed E-state index contributed by atoms with van der Waals surface area (Å²) in [5.41, 5.74) is 2.56. The lowest BCUT2D eigenvalue weighted by molar-refractivity contribution is 0.0887. The van der Waals surface area contributed by atoms with E-state index >= 15 is 0 Å². The number of methoxy groups -OCH3 is 1. The lowest BCUT2D eigenvalue weighted by atomic mass is 9.78. The molecule has 31 heavy (non-hydrogen) atoms. The smallest absolute Gasteiger partial charge is 0.256 e. The monoisotopic (exact) mass is 434 g/mol. The van der Waals surface area contributed by atoms with Gasteiger partial charge in [0.15, 0.2) is 5.78 Å². The Balaban J connectivity index is 1.36. The molecule has 160 valence electrons. The molecule has 0 aliphatic heterocycles. The van der Waals surface area contributed by atoms with Crippen molar-refractivity contribution in [2.24, 2.45) is 5.92 Å². The van der Waals surface area contributed by atoms with Gasteiger partial charge >= 0.3 is 0 Å². The minimum Gasteiger partial charge on any atom is -0.497 e. The predicted octanol–water partition coefficient (Wildman–Crippen LogP) is 5.87. The van der Waals surface area contributed by atoms with Crippen LogP contribution in [0.5, 0.6) is 5.75 Å². The largest absolute Gasteiger partial charge is 0.497 e. The minimum atomic E-state index is -0.183. The Labute approximate surface area is 186 Å². The van der Waals surface area contributed by atoms with E-state index in [2.05, 4.69) is 16.4 Å². The summed E-state index contributed by atoms with van der Waals surface area (Å²) in [4.78, 5) is 30.8. The van der Waals surface area contributed by atoms with Crippen molar-refractivity contribution in [3.8, 4) is 5.75 Å². The van der Waals surface area contributed by atoms with Gasteiger partial charge in [-0.05, 0) is 80.6 Å². The first-order valence-electron chi connectivity index (χ1n) is 10.6. The van der Waals surface area contributed by atoms with Gasteiger partial charge in [0, 0.05) is 29.3 Å². The summed E-state index contributed by atoms with van der Waals surface area (Å²) < 4.78 is 5.20. The second-order valence-electron chi connectivity index (χ2n) is 7.97. The molecule has 1 fully saturated rings. The molecule has 0 radical (unpaired) electrons. The fourth-order valence-electron chi connectivity index (χ4n) is 4.20. The van der Waals surface area contributed by atoms with Crippen LogP contribution in [0.4, 0.5) is 5.00 Å². The lowest BCUT2D eigenvalue weighted by Crippen LogP contribution is -2.21. The van der Waals surface area contributed by atoms with Gasteiger partial charge < -0.3 is 10.1 Å². The van der Waals surface area contributed by atoms with E-state index in [1.165, 1.54) is 11.3 Å². The Morgan fingerprint density at radius 3 is 2.55 bits per heavy atom. The molecular weight excluding hydrogens is 408 g/mol. The number of nitrogens with one attached hydrogen (secondary N) is 1. The molecule has 1 aliphatic carbocycles. The molecule has 0 saturated heterocycles. The molecule has 1 aliphatic rings. The number of thiophene rings is 1. The third-order valence-corrected chi connectivity index (χ3v) is 6.98. The van der Waals surface area contributed by atoms with Crippen LogP contribution < -0.4 is 10.1 Å². The van der Waals surface area contributed by atoms with Gasteiger partial charge in [-0.3, -0.25) is 14.6 Å². The van der Waals surface area contributed by atoms with E-state index in [-0.39, 0.29) is 17.6 Å². The van der Waals surface area contributed by atoms with Gasteiger partial charge in [-0.2, -0.15) is 0 Å². The summed E-state index contributed by atoms with van der Waals surface area (Å²) in [6.07, 6.45) is 5.56. The Kier molecular flexibility index (Phi) is 6.47. The van der Waals surface area contributed by atoms with Gasteiger partial charge in [-0.1, -0.05) is 6.07 Å². The summed E-state index contributed by atoms with van der Waals surface area (Å²) >= 11 is 1.35. The van der Waals surface area contributed by atoms with Crippen LogP contribution in [-0.4, -0.2) is 23.8 Å². The van der Waals surface area contributed by atoms with Crippen LogP contribution in [0.3, 0.4) is 0 Å². The summed E-state index contributed by atoms with van der Waals surface area (Å²) in [6.45, 7) is 1.88. The maximum absolute atomic E-state index is 13.0. The average Bonchev–Trinajstić information content (AvgIpc) is 3.27. The van der Waals surface area contributed by atoms with E-state index in [4.69, 9.17) is 4.74 Å². The molecule has 0 spiro atoms.